The zero-order valence-electron chi connectivity index (χ0n) is 9.88. The Hall–Kier alpha value is -1.87. The minimum atomic E-state index is -3.52. The second-order valence-corrected chi connectivity index (χ2v) is 5.97. The zero-order chi connectivity index (χ0) is 13.8. The largest absolute Gasteiger partial charge is 0.478 e. The van der Waals surface area contributed by atoms with Gasteiger partial charge >= 0.3 is 5.97 Å². The number of aromatic carboxylic acids is 1. The molecule has 96 valence electrons. The average Bonchev–Trinajstić information content (AvgIpc) is 2.29. The fourth-order valence-electron chi connectivity index (χ4n) is 1.48. The van der Waals surface area contributed by atoms with E-state index in [1.807, 2.05) is 6.07 Å². The maximum Gasteiger partial charge on any atom is 0.335 e. The zero-order valence-corrected chi connectivity index (χ0v) is 10.7. The van der Waals surface area contributed by atoms with Gasteiger partial charge in [-0.2, -0.15) is 5.26 Å². The summed E-state index contributed by atoms with van der Waals surface area (Å²) < 4.78 is 23.8. The van der Waals surface area contributed by atoms with Crippen LogP contribution >= 0.6 is 0 Å². The SMILES string of the molecule is Cc1ccc(S(=O)(=O)CCCC#N)cc1C(=O)O. The number of aryl methyl sites for hydroxylation is 1. The smallest absolute Gasteiger partial charge is 0.335 e. The van der Waals surface area contributed by atoms with E-state index in [0.717, 1.165) is 0 Å². The van der Waals surface area contributed by atoms with Gasteiger partial charge in [-0.1, -0.05) is 6.07 Å². The summed E-state index contributed by atoms with van der Waals surface area (Å²) in [6.45, 7) is 1.61. The molecule has 0 radical (unpaired) electrons. The lowest BCUT2D eigenvalue weighted by Crippen LogP contribution is -2.09. The van der Waals surface area contributed by atoms with Gasteiger partial charge in [0, 0.05) is 6.42 Å². The van der Waals surface area contributed by atoms with Gasteiger partial charge in [-0.25, -0.2) is 13.2 Å². The van der Waals surface area contributed by atoms with E-state index in [1.165, 1.54) is 18.2 Å². The Bertz CT molecular complexity index is 599. The summed E-state index contributed by atoms with van der Waals surface area (Å²) in [5.74, 6) is -1.30. The number of unbranched alkanes of at least 4 members (excludes halogenated alkanes) is 1. The third-order valence-corrected chi connectivity index (χ3v) is 4.30. The van der Waals surface area contributed by atoms with Crippen molar-refractivity contribution in [2.75, 3.05) is 5.75 Å². The van der Waals surface area contributed by atoms with Gasteiger partial charge in [-0.3, -0.25) is 0 Å². The summed E-state index contributed by atoms with van der Waals surface area (Å²) in [5.41, 5.74) is 0.495. The van der Waals surface area contributed by atoms with Crippen LogP contribution in [-0.2, 0) is 9.84 Å². The van der Waals surface area contributed by atoms with Crippen LogP contribution in [0.25, 0.3) is 0 Å². The van der Waals surface area contributed by atoms with Crippen molar-refractivity contribution in [2.45, 2.75) is 24.7 Å². The van der Waals surface area contributed by atoms with Gasteiger partial charge < -0.3 is 5.11 Å². The van der Waals surface area contributed by atoms with Gasteiger partial charge in [0.1, 0.15) is 0 Å². The van der Waals surface area contributed by atoms with Crippen molar-refractivity contribution in [3.8, 4) is 6.07 Å². The Balaban J connectivity index is 3.07. The Morgan fingerprint density at radius 1 is 1.44 bits per heavy atom. The van der Waals surface area contributed by atoms with E-state index < -0.39 is 15.8 Å². The summed E-state index contributed by atoms with van der Waals surface area (Å²) >= 11 is 0. The Labute approximate surface area is 106 Å². The molecule has 0 aliphatic heterocycles. The Morgan fingerprint density at radius 2 is 2.11 bits per heavy atom. The first-order chi connectivity index (χ1) is 8.38. The van der Waals surface area contributed by atoms with Gasteiger partial charge in [0.05, 0.1) is 22.3 Å². The van der Waals surface area contributed by atoms with Crippen LogP contribution < -0.4 is 0 Å². The van der Waals surface area contributed by atoms with Crippen LogP contribution in [0.3, 0.4) is 0 Å². The molecule has 0 aliphatic rings. The van der Waals surface area contributed by atoms with Crippen LogP contribution in [0, 0.1) is 18.3 Å². The average molecular weight is 267 g/mol. The number of hydrogen-bond acceptors (Lipinski definition) is 4. The molecule has 1 aromatic rings. The molecule has 0 aromatic heterocycles. The molecule has 0 fully saturated rings. The second kappa shape index (κ2) is 5.65. The lowest BCUT2D eigenvalue weighted by atomic mass is 10.1. The highest BCUT2D eigenvalue weighted by Crippen LogP contribution is 2.17. The predicted molar refractivity (Wildman–Crippen MR) is 65.0 cm³/mol. The van der Waals surface area contributed by atoms with Gasteiger partial charge in [-0.15, -0.1) is 0 Å². The van der Waals surface area contributed by atoms with E-state index in [2.05, 4.69) is 0 Å². The van der Waals surface area contributed by atoms with E-state index in [-0.39, 0.29) is 29.1 Å². The fourth-order valence-corrected chi connectivity index (χ4v) is 2.82. The minimum Gasteiger partial charge on any atom is -0.478 e. The molecule has 1 aromatic carbocycles. The monoisotopic (exact) mass is 267 g/mol. The molecule has 18 heavy (non-hydrogen) atoms. The molecule has 5 nitrogen and oxygen atoms in total. The number of nitriles is 1. The van der Waals surface area contributed by atoms with Gasteiger partial charge in [0.2, 0.25) is 0 Å². The van der Waals surface area contributed by atoms with Gasteiger partial charge in [-0.05, 0) is 31.0 Å². The first-order valence-corrected chi connectivity index (χ1v) is 6.97. The Morgan fingerprint density at radius 3 is 2.67 bits per heavy atom. The molecular formula is C12H13NO4S. The van der Waals surface area contributed by atoms with Gasteiger partial charge in [0.25, 0.3) is 0 Å². The Kier molecular flexibility index (Phi) is 4.45. The third kappa shape index (κ3) is 3.31. The van der Waals surface area contributed by atoms with Crippen molar-refractivity contribution < 1.29 is 18.3 Å². The summed E-state index contributed by atoms with van der Waals surface area (Å²) in [4.78, 5) is 10.9. The van der Waals surface area contributed by atoms with Gasteiger partial charge in [0.15, 0.2) is 9.84 Å². The maximum absolute atomic E-state index is 11.9. The molecule has 1 N–H and O–H groups in total. The summed E-state index contributed by atoms with van der Waals surface area (Å²) in [5, 5.41) is 17.3. The van der Waals surface area contributed by atoms with Crippen LogP contribution in [0.15, 0.2) is 23.1 Å². The fraction of sp³-hybridized carbons (Fsp3) is 0.333. The highest BCUT2D eigenvalue weighted by atomic mass is 32.2. The van der Waals surface area contributed by atoms with E-state index in [1.54, 1.807) is 6.92 Å². The molecule has 0 saturated heterocycles. The molecule has 6 heteroatoms. The van der Waals surface area contributed by atoms with Crippen molar-refractivity contribution in [1.29, 1.82) is 5.26 Å². The van der Waals surface area contributed by atoms with Crippen LogP contribution in [0.1, 0.15) is 28.8 Å². The van der Waals surface area contributed by atoms with Crippen molar-refractivity contribution in [1.82, 2.24) is 0 Å². The molecule has 0 heterocycles. The summed E-state index contributed by atoms with van der Waals surface area (Å²) in [6.07, 6.45) is 0.409. The molecule has 0 unspecified atom stereocenters. The summed E-state index contributed by atoms with van der Waals surface area (Å²) in [7, 11) is -3.52. The first kappa shape index (κ1) is 14.2. The maximum atomic E-state index is 11.9. The molecule has 0 amide bonds. The number of hydrogen-bond donors (Lipinski definition) is 1. The van der Waals surface area contributed by atoms with E-state index >= 15 is 0 Å². The number of carbonyl (C=O) groups is 1. The molecule has 0 bridgehead atoms. The summed E-state index contributed by atoms with van der Waals surface area (Å²) in [6, 6.07) is 5.90. The molecular weight excluding hydrogens is 254 g/mol. The standard InChI is InChI=1S/C12H13NO4S/c1-9-4-5-10(8-11(9)12(14)15)18(16,17)7-3-2-6-13/h4-5,8H,2-3,7H2,1H3,(H,14,15). The van der Waals surface area contributed by atoms with Crippen molar-refractivity contribution in [2.24, 2.45) is 0 Å². The lowest BCUT2D eigenvalue weighted by molar-refractivity contribution is 0.0696. The quantitative estimate of drug-likeness (QED) is 0.820. The molecule has 0 saturated carbocycles. The van der Waals surface area contributed by atoms with Crippen LogP contribution in [0.4, 0.5) is 0 Å². The third-order valence-electron chi connectivity index (χ3n) is 2.50. The van der Waals surface area contributed by atoms with Crippen LogP contribution in [-0.4, -0.2) is 25.2 Å². The molecule has 0 aliphatic carbocycles. The van der Waals surface area contributed by atoms with E-state index in [0.29, 0.717) is 5.56 Å². The molecule has 0 atom stereocenters. The predicted octanol–water partition coefficient (Wildman–Crippen LogP) is 1.77. The number of rotatable bonds is 5. The van der Waals surface area contributed by atoms with Crippen molar-refractivity contribution >= 4 is 15.8 Å². The minimum absolute atomic E-state index is 0.0107. The first-order valence-electron chi connectivity index (χ1n) is 5.32. The number of carboxylic acid groups (broad SMARTS) is 1. The topological polar surface area (TPSA) is 95.2 Å². The van der Waals surface area contributed by atoms with Crippen LogP contribution in [0.5, 0.6) is 0 Å². The molecule has 1 rings (SSSR count). The highest BCUT2D eigenvalue weighted by Gasteiger charge is 2.17. The van der Waals surface area contributed by atoms with E-state index in [4.69, 9.17) is 10.4 Å². The lowest BCUT2D eigenvalue weighted by Gasteiger charge is -2.06. The highest BCUT2D eigenvalue weighted by molar-refractivity contribution is 7.91. The molecule has 0 spiro atoms. The van der Waals surface area contributed by atoms with Crippen LogP contribution in [0.2, 0.25) is 0 Å². The number of sulfone groups is 1. The normalized spacial score (nSPS) is 10.9. The second-order valence-electron chi connectivity index (χ2n) is 3.86. The van der Waals surface area contributed by atoms with Crippen molar-refractivity contribution in [3.05, 3.63) is 29.3 Å². The number of benzene rings is 1. The van der Waals surface area contributed by atoms with Crippen molar-refractivity contribution in [3.63, 3.8) is 0 Å². The number of carboxylic acids is 1. The number of nitrogens with zero attached hydrogens (tertiary/aromatic N) is 1. The van der Waals surface area contributed by atoms with E-state index in [9.17, 15) is 13.2 Å².